The van der Waals surface area contributed by atoms with Gasteiger partial charge in [-0.1, -0.05) is 39.8 Å². The molecular weight excluding hydrogens is 847 g/mol. The number of carboxylic acids is 1. The summed E-state index contributed by atoms with van der Waals surface area (Å²) in [5, 5.41) is 37.9. The zero-order chi connectivity index (χ0) is 48.4. The Balaban J connectivity index is 1.88. The predicted octanol–water partition coefficient (Wildman–Crippen LogP) is -2.51. The molecule has 2 aromatic rings. The van der Waals surface area contributed by atoms with Crippen molar-refractivity contribution >= 4 is 53.3 Å². The van der Waals surface area contributed by atoms with Crippen LogP contribution in [-0.4, -0.2) is 147 Å². The summed E-state index contributed by atoms with van der Waals surface area (Å²) in [5.74, 6) is -7.20. The number of carbonyl (C=O) groups excluding carboxylic acids is 7. The Morgan fingerprint density at radius 3 is 1.95 bits per heavy atom. The van der Waals surface area contributed by atoms with Crippen molar-refractivity contribution < 1.29 is 48.6 Å². The lowest BCUT2D eigenvalue weighted by Crippen LogP contribution is -2.61. The molecule has 14 N–H and O–H groups in total. The summed E-state index contributed by atoms with van der Waals surface area (Å²) >= 11 is 0. The van der Waals surface area contributed by atoms with E-state index < -0.39 is 101 Å². The second-order valence-corrected chi connectivity index (χ2v) is 16.6. The number of likely N-dealkylation sites (N-methyl/N-ethyl adjacent to an activating group) is 1. The highest BCUT2D eigenvalue weighted by Gasteiger charge is 2.40. The molecule has 7 amide bonds. The zero-order valence-electron chi connectivity index (χ0n) is 37.7. The van der Waals surface area contributed by atoms with Crippen LogP contribution in [0, 0.1) is 11.8 Å². The highest BCUT2D eigenvalue weighted by molar-refractivity contribution is 5.98. The average molecular weight is 912 g/mol. The quantitative estimate of drug-likeness (QED) is 0.0278. The molecule has 1 fully saturated rings. The number of aromatic amines is 1. The van der Waals surface area contributed by atoms with Crippen molar-refractivity contribution in [3.05, 3.63) is 48.0 Å². The van der Waals surface area contributed by atoms with Gasteiger partial charge in [0.2, 0.25) is 41.4 Å². The maximum atomic E-state index is 14.3. The molecule has 23 heteroatoms. The number of likely N-dealkylation sites (tertiary alicyclic amines) is 1. The third kappa shape index (κ3) is 16.7. The van der Waals surface area contributed by atoms with Crippen LogP contribution in [0.1, 0.15) is 71.6 Å². The summed E-state index contributed by atoms with van der Waals surface area (Å²) in [6.07, 6.45) is 3.84. The number of H-pyrrole nitrogens is 1. The lowest BCUT2D eigenvalue weighted by atomic mass is 9.98. The van der Waals surface area contributed by atoms with Crippen molar-refractivity contribution in [1.29, 1.82) is 0 Å². The van der Waals surface area contributed by atoms with Crippen molar-refractivity contribution in [1.82, 2.24) is 52.1 Å². The predicted molar refractivity (Wildman–Crippen MR) is 237 cm³/mol. The van der Waals surface area contributed by atoms with Gasteiger partial charge in [0.05, 0.1) is 12.9 Å². The van der Waals surface area contributed by atoms with Crippen molar-refractivity contribution in [2.75, 3.05) is 26.7 Å². The van der Waals surface area contributed by atoms with E-state index in [0.717, 1.165) is 0 Å². The number of guanidine groups is 1. The molecule has 2 heterocycles. The fourth-order valence-corrected chi connectivity index (χ4v) is 7.05. The minimum Gasteiger partial charge on any atom is -0.508 e. The first kappa shape index (κ1) is 52.6. The van der Waals surface area contributed by atoms with Gasteiger partial charge < -0.3 is 68.8 Å². The number of rotatable bonds is 25. The van der Waals surface area contributed by atoms with Crippen LogP contribution >= 0.6 is 0 Å². The summed E-state index contributed by atoms with van der Waals surface area (Å²) in [6.45, 7) is 8.27. The van der Waals surface area contributed by atoms with Crippen molar-refractivity contribution in [2.24, 2.45) is 28.3 Å². The third-order valence-electron chi connectivity index (χ3n) is 10.6. The normalized spacial score (nSPS) is 16.2. The summed E-state index contributed by atoms with van der Waals surface area (Å²) in [7, 11) is 1.57. The number of carboxylic acid groups (broad SMARTS) is 1. The Morgan fingerprint density at radius 1 is 0.815 bits per heavy atom. The molecule has 0 unspecified atom stereocenters. The first-order valence-corrected chi connectivity index (χ1v) is 21.5. The van der Waals surface area contributed by atoms with E-state index in [0.29, 0.717) is 24.1 Å². The van der Waals surface area contributed by atoms with Crippen molar-refractivity contribution in [3.63, 3.8) is 0 Å². The van der Waals surface area contributed by atoms with E-state index in [1.165, 1.54) is 36.5 Å². The smallest absolute Gasteiger partial charge is 0.325 e. The molecule has 0 radical (unpaired) electrons. The number of benzene rings is 1. The Hall–Kier alpha value is -6.78. The van der Waals surface area contributed by atoms with Crippen LogP contribution in [0.15, 0.2) is 41.8 Å². The summed E-state index contributed by atoms with van der Waals surface area (Å²) < 4.78 is 0. The van der Waals surface area contributed by atoms with Gasteiger partial charge in [-0.2, -0.15) is 0 Å². The fourth-order valence-electron chi connectivity index (χ4n) is 7.05. The van der Waals surface area contributed by atoms with E-state index in [-0.39, 0.29) is 57.0 Å². The number of amides is 7. The monoisotopic (exact) mass is 911 g/mol. The van der Waals surface area contributed by atoms with Crippen molar-refractivity contribution in [2.45, 2.75) is 115 Å². The third-order valence-corrected chi connectivity index (χ3v) is 10.6. The Morgan fingerprint density at radius 2 is 1.42 bits per heavy atom. The highest BCUT2D eigenvalue weighted by Crippen LogP contribution is 2.20. The number of nitrogens with zero attached hydrogens (tertiary/aromatic N) is 3. The number of hydrogen-bond donors (Lipinski definition) is 12. The SMILES string of the molecule is CNCC(=O)N[C@@H](CCCN=C(N)N)C(=O)N[C@H](C(=O)N[C@@H](Cc1ccc(O)cc1)C(=O)N[C@H](C(=O)N[C@@H](Cc1cnc[nH]1)C(=O)N1CCC[C@H]1C(=O)N[C@H](C)C(=O)O)C(C)C)C(C)C. The number of imidazole rings is 1. The van der Waals surface area contributed by atoms with Crippen LogP contribution < -0.4 is 48.7 Å². The van der Waals surface area contributed by atoms with E-state index in [4.69, 9.17) is 11.5 Å². The molecule has 1 aliphatic rings. The van der Waals surface area contributed by atoms with E-state index in [1.807, 2.05) is 0 Å². The Kier molecular flexibility index (Phi) is 20.6. The van der Waals surface area contributed by atoms with E-state index >= 15 is 0 Å². The minimum absolute atomic E-state index is 0.0393. The van der Waals surface area contributed by atoms with Crippen LogP contribution in [0.3, 0.4) is 0 Å². The second-order valence-electron chi connectivity index (χ2n) is 16.6. The first-order chi connectivity index (χ1) is 30.7. The molecule has 23 nitrogen and oxygen atoms in total. The van der Waals surface area contributed by atoms with Gasteiger partial charge in [0, 0.05) is 37.8 Å². The second kappa shape index (κ2) is 25.5. The van der Waals surface area contributed by atoms with Gasteiger partial charge in [-0.05, 0) is 69.2 Å². The number of carbonyl (C=O) groups is 8. The number of aliphatic imine (C=N–C) groups is 1. The summed E-state index contributed by atoms with van der Waals surface area (Å²) in [6, 6.07) is -2.43. The summed E-state index contributed by atoms with van der Waals surface area (Å²) in [4.78, 5) is 120. The van der Waals surface area contributed by atoms with Gasteiger partial charge in [0.1, 0.15) is 48.0 Å². The standard InChI is InChI=1S/C42H65N13O10/c1-22(2)33(53-35(58)28(50-32(57)20-45-6)9-7-15-47-42(43)44)38(61)51-29(17-25-11-13-27(56)14-12-25)36(59)54-34(23(3)4)39(62)52-30(18-26-19-46-21-48-26)40(63)55-16-8-10-31(55)37(60)49-24(5)41(64)65/h11-14,19,21-24,28-31,33-34,45,56H,7-10,15-18,20H2,1-6H3,(H,46,48)(H,49,60)(H,50,57)(H,51,61)(H,52,62)(H,53,58)(H,54,59)(H,64,65)(H4,43,44,47)/t24-,28+,29+,30+,31+,33+,34+/m1/s1. The molecule has 0 saturated carbocycles. The average Bonchev–Trinajstić information content (AvgIpc) is 3.95. The molecular formula is C42H65N13O10. The van der Waals surface area contributed by atoms with Gasteiger partial charge in [0.15, 0.2) is 5.96 Å². The number of aromatic hydroxyl groups is 1. The number of hydrogen-bond acceptors (Lipinski definition) is 12. The van der Waals surface area contributed by atoms with Crippen LogP contribution in [0.4, 0.5) is 0 Å². The molecule has 358 valence electrons. The molecule has 1 saturated heterocycles. The Labute approximate surface area is 377 Å². The van der Waals surface area contributed by atoms with Gasteiger partial charge in [-0.15, -0.1) is 0 Å². The van der Waals surface area contributed by atoms with E-state index in [2.05, 4.69) is 52.2 Å². The van der Waals surface area contributed by atoms with Crippen LogP contribution in [0.2, 0.25) is 0 Å². The van der Waals surface area contributed by atoms with Crippen LogP contribution in [0.5, 0.6) is 5.75 Å². The molecule has 65 heavy (non-hydrogen) atoms. The van der Waals surface area contributed by atoms with Gasteiger partial charge in [-0.3, -0.25) is 43.3 Å². The number of nitrogens with one attached hydrogen (secondary N) is 8. The molecule has 0 aliphatic carbocycles. The van der Waals surface area contributed by atoms with Crippen LogP contribution in [-0.2, 0) is 51.2 Å². The zero-order valence-corrected chi connectivity index (χ0v) is 37.7. The molecule has 0 spiro atoms. The Bertz CT molecular complexity index is 1970. The molecule has 3 rings (SSSR count). The van der Waals surface area contributed by atoms with E-state index in [1.54, 1.807) is 46.9 Å². The van der Waals surface area contributed by atoms with Crippen LogP contribution in [0.25, 0.3) is 0 Å². The van der Waals surface area contributed by atoms with Gasteiger partial charge in [0.25, 0.3) is 0 Å². The van der Waals surface area contributed by atoms with Gasteiger partial charge in [-0.25, -0.2) is 4.98 Å². The summed E-state index contributed by atoms with van der Waals surface area (Å²) in [5.41, 5.74) is 11.9. The molecule has 0 bridgehead atoms. The molecule has 1 aliphatic heterocycles. The lowest BCUT2D eigenvalue weighted by Gasteiger charge is -2.31. The number of aliphatic carboxylic acids is 1. The van der Waals surface area contributed by atoms with Gasteiger partial charge >= 0.3 is 5.97 Å². The fraction of sp³-hybridized carbons (Fsp3) is 0.571. The molecule has 7 atom stereocenters. The van der Waals surface area contributed by atoms with E-state index in [9.17, 15) is 48.6 Å². The number of phenolic OH excluding ortho intramolecular Hbond substituents is 1. The first-order valence-electron chi connectivity index (χ1n) is 21.5. The van der Waals surface area contributed by atoms with Crippen molar-refractivity contribution in [3.8, 4) is 5.75 Å². The number of phenols is 1. The molecule has 1 aromatic heterocycles. The maximum Gasteiger partial charge on any atom is 0.325 e. The topological polar surface area (TPSA) is 358 Å². The largest absolute Gasteiger partial charge is 0.508 e. The molecule has 1 aromatic carbocycles. The number of aromatic nitrogens is 2. The minimum atomic E-state index is -1.34. The lowest BCUT2D eigenvalue weighted by molar-refractivity contribution is -0.144. The maximum absolute atomic E-state index is 14.3. The number of nitrogens with two attached hydrogens (primary N) is 2. The highest BCUT2D eigenvalue weighted by atomic mass is 16.4.